The number of hydrogen-bond acceptors (Lipinski definition) is 3. The van der Waals surface area contributed by atoms with Crippen LogP contribution in [0.2, 0.25) is 5.02 Å². The maximum atomic E-state index is 14.1. The molecule has 2 aromatic rings. The number of halogens is 1. The maximum absolute atomic E-state index is 14.1. The van der Waals surface area contributed by atoms with Gasteiger partial charge in [0.2, 0.25) is 11.8 Å². The first-order valence-corrected chi connectivity index (χ1v) is 13.0. The molecule has 2 aromatic carbocycles. The van der Waals surface area contributed by atoms with Gasteiger partial charge in [-0.25, -0.2) is 0 Å². The minimum Gasteiger partial charge on any atom is -0.305 e. The summed E-state index contributed by atoms with van der Waals surface area (Å²) in [4.78, 5) is 43.7. The van der Waals surface area contributed by atoms with Crippen LogP contribution in [0.15, 0.2) is 48.5 Å². The Hall–Kier alpha value is -2.66. The van der Waals surface area contributed by atoms with Crippen LogP contribution >= 0.6 is 11.6 Å². The second-order valence-electron chi connectivity index (χ2n) is 11.2. The molecule has 5 rings (SSSR count). The molecule has 0 bridgehead atoms. The number of hydrogen-bond donors (Lipinski definition) is 0. The highest BCUT2D eigenvalue weighted by molar-refractivity contribution is 6.30. The molecule has 0 radical (unpaired) electrons. The minimum absolute atomic E-state index is 0.172. The Kier molecular flexibility index (Phi) is 5.83. The van der Waals surface area contributed by atoms with Crippen LogP contribution in [0.1, 0.15) is 70.9 Å². The van der Waals surface area contributed by atoms with Crippen LogP contribution in [0.3, 0.4) is 0 Å². The number of imide groups is 1. The summed E-state index contributed by atoms with van der Waals surface area (Å²) in [5, 5.41) is 0.687. The molecule has 0 spiro atoms. The molecule has 3 aliphatic rings. The Balaban J connectivity index is 1.54. The van der Waals surface area contributed by atoms with Crippen molar-refractivity contribution in [2.45, 2.75) is 76.8 Å². The number of para-hydroxylation sites is 1. The highest BCUT2D eigenvalue weighted by Gasteiger charge is 2.54. The van der Waals surface area contributed by atoms with Crippen LogP contribution in [0.25, 0.3) is 0 Å². The average molecular weight is 493 g/mol. The summed E-state index contributed by atoms with van der Waals surface area (Å²) in [6.07, 6.45) is 4.09. The van der Waals surface area contributed by atoms with Gasteiger partial charge in [0.25, 0.3) is 5.91 Å². The maximum Gasteiger partial charge on any atom is 0.250 e. The van der Waals surface area contributed by atoms with Crippen LogP contribution in [0, 0.1) is 11.8 Å². The van der Waals surface area contributed by atoms with Crippen LogP contribution in [-0.4, -0.2) is 34.2 Å². The van der Waals surface area contributed by atoms with Crippen LogP contribution in [0.4, 0.5) is 5.69 Å². The lowest BCUT2D eigenvalue weighted by Gasteiger charge is -2.52. The van der Waals surface area contributed by atoms with Crippen molar-refractivity contribution in [3.63, 3.8) is 0 Å². The summed E-state index contributed by atoms with van der Waals surface area (Å²) in [7, 11) is 0. The molecule has 3 amide bonds. The first kappa shape index (κ1) is 24.1. The zero-order chi connectivity index (χ0) is 25.1. The standard InChI is InChI=1S/C29H33ClN2O3/c1-18(31-26(34)21-9-5-6-10-22(21)27(31)35)25(33)32-24-12-8-7-11-23(24)29(4,17-28(32,2)3)19-13-15-20(30)16-14-19/h7-8,11-16,18,21-22H,5-6,9-10,17H2,1-4H3/t18-,21-,22+,29+/m1/s1. The number of amides is 3. The van der Waals surface area contributed by atoms with Gasteiger partial charge >= 0.3 is 0 Å². The van der Waals surface area contributed by atoms with Gasteiger partial charge in [-0.3, -0.25) is 19.3 Å². The second kappa shape index (κ2) is 8.48. The lowest BCUT2D eigenvalue weighted by atomic mass is 9.65. The summed E-state index contributed by atoms with van der Waals surface area (Å²) < 4.78 is 0. The quantitative estimate of drug-likeness (QED) is 0.514. The van der Waals surface area contributed by atoms with E-state index in [0.29, 0.717) is 11.4 Å². The fourth-order valence-electron chi connectivity index (χ4n) is 6.86. The molecule has 2 aliphatic heterocycles. The smallest absolute Gasteiger partial charge is 0.250 e. The van der Waals surface area contributed by atoms with Gasteiger partial charge < -0.3 is 4.90 Å². The number of rotatable bonds is 3. The molecule has 1 saturated heterocycles. The molecule has 184 valence electrons. The Morgan fingerprint density at radius 2 is 1.51 bits per heavy atom. The summed E-state index contributed by atoms with van der Waals surface area (Å²) in [5.74, 6) is -1.08. The van der Waals surface area contributed by atoms with Gasteiger partial charge in [-0.15, -0.1) is 0 Å². The molecule has 0 unspecified atom stereocenters. The van der Waals surface area contributed by atoms with E-state index in [1.807, 2.05) is 35.2 Å². The number of carbonyl (C=O) groups excluding carboxylic acids is 3. The van der Waals surface area contributed by atoms with E-state index in [-0.39, 0.29) is 35.0 Å². The molecule has 1 aliphatic carbocycles. The molecule has 0 aromatic heterocycles. The fraction of sp³-hybridized carbons (Fsp3) is 0.483. The van der Waals surface area contributed by atoms with E-state index in [1.54, 1.807) is 6.92 Å². The second-order valence-corrected chi connectivity index (χ2v) is 11.7. The SMILES string of the molecule is C[C@H](C(=O)N1c2ccccc2[C@](C)(c2ccc(Cl)cc2)CC1(C)C)N1C(=O)[C@H]2CCCC[C@H]2C1=O. The van der Waals surface area contributed by atoms with Crippen molar-refractivity contribution in [2.75, 3.05) is 4.90 Å². The van der Waals surface area contributed by atoms with E-state index >= 15 is 0 Å². The summed E-state index contributed by atoms with van der Waals surface area (Å²) in [5.41, 5.74) is 2.13. The van der Waals surface area contributed by atoms with Crippen molar-refractivity contribution in [1.29, 1.82) is 0 Å². The molecular weight excluding hydrogens is 460 g/mol. The summed E-state index contributed by atoms with van der Waals surface area (Å²) in [6, 6.07) is 15.1. The molecule has 2 heterocycles. The molecule has 6 heteroatoms. The largest absolute Gasteiger partial charge is 0.305 e. The van der Waals surface area contributed by atoms with Crippen molar-refractivity contribution in [2.24, 2.45) is 11.8 Å². The zero-order valence-corrected chi connectivity index (χ0v) is 21.6. The highest BCUT2D eigenvalue weighted by Crippen LogP contribution is 2.51. The number of likely N-dealkylation sites (tertiary alicyclic amines) is 1. The van der Waals surface area contributed by atoms with E-state index in [2.05, 4.69) is 39.0 Å². The number of nitrogens with zero attached hydrogens (tertiary/aromatic N) is 2. The number of benzene rings is 2. The molecule has 0 N–H and O–H groups in total. The Bertz CT molecular complexity index is 1170. The third kappa shape index (κ3) is 3.70. The predicted molar refractivity (Wildman–Crippen MR) is 137 cm³/mol. The van der Waals surface area contributed by atoms with Gasteiger partial charge in [-0.2, -0.15) is 0 Å². The number of anilines is 1. The van der Waals surface area contributed by atoms with Crippen molar-refractivity contribution < 1.29 is 14.4 Å². The Morgan fingerprint density at radius 3 is 2.11 bits per heavy atom. The summed E-state index contributed by atoms with van der Waals surface area (Å²) in [6.45, 7) is 8.05. The topological polar surface area (TPSA) is 57.7 Å². The fourth-order valence-corrected chi connectivity index (χ4v) is 6.99. The van der Waals surface area contributed by atoms with Gasteiger partial charge in [0.15, 0.2) is 0 Å². The van der Waals surface area contributed by atoms with E-state index in [9.17, 15) is 14.4 Å². The minimum atomic E-state index is -0.840. The third-order valence-electron chi connectivity index (χ3n) is 8.45. The lowest BCUT2D eigenvalue weighted by Crippen LogP contribution is -2.60. The van der Waals surface area contributed by atoms with Crippen molar-refractivity contribution in [3.8, 4) is 0 Å². The molecule has 5 nitrogen and oxygen atoms in total. The first-order chi connectivity index (χ1) is 16.6. The molecule has 4 atom stereocenters. The van der Waals surface area contributed by atoms with Gasteiger partial charge in [0.05, 0.1) is 11.8 Å². The lowest BCUT2D eigenvalue weighted by molar-refractivity contribution is -0.147. The van der Waals surface area contributed by atoms with Gasteiger partial charge in [-0.1, -0.05) is 61.7 Å². The van der Waals surface area contributed by atoms with Crippen molar-refractivity contribution >= 4 is 35.0 Å². The van der Waals surface area contributed by atoms with Crippen molar-refractivity contribution in [1.82, 2.24) is 4.90 Å². The monoisotopic (exact) mass is 492 g/mol. The zero-order valence-electron chi connectivity index (χ0n) is 20.9. The van der Waals surface area contributed by atoms with Crippen LogP contribution in [-0.2, 0) is 19.8 Å². The predicted octanol–water partition coefficient (Wildman–Crippen LogP) is 5.73. The molecule has 1 saturated carbocycles. The molecular formula is C29H33ClN2O3. The normalized spacial score (nSPS) is 28.5. The number of carbonyl (C=O) groups is 3. The van der Waals surface area contributed by atoms with Gasteiger partial charge in [0.1, 0.15) is 6.04 Å². The van der Waals surface area contributed by atoms with E-state index < -0.39 is 11.6 Å². The van der Waals surface area contributed by atoms with Crippen molar-refractivity contribution in [3.05, 3.63) is 64.7 Å². The first-order valence-electron chi connectivity index (χ1n) is 12.6. The Morgan fingerprint density at radius 1 is 0.943 bits per heavy atom. The molecule has 2 fully saturated rings. The molecule has 35 heavy (non-hydrogen) atoms. The van der Waals surface area contributed by atoms with Gasteiger partial charge in [0, 0.05) is 21.7 Å². The van der Waals surface area contributed by atoms with Gasteiger partial charge in [-0.05, 0) is 69.4 Å². The summed E-state index contributed by atoms with van der Waals surface area (Å²) >= 11 is 6.17. The average Bonchev–Trinajstić information content (AvgIpc) is 3.08. The Labute approximate surface area is 212 Å². The third-order valence-corrected chi connectivity index (χ3v) is 8.70. The number of fused-ring (bicyclic) bond motifs is 2. The highest BCUT2D eigenvalue weighted by atomic mass is 35.5. The van der Waals surface area contributed by atoms with Crippen LogP contribution < -0.4 is 4.90 Å². The van der Waals surface area contributed by atoms with E-state index in [1.165, 1.54) is 4.90 Å². The van der Waals surface area contributed by atoms with E-state index in [0.717, 1.165) is 42.5 Å². The van der Waals surface area contributed by atoms with Crippen LogP contribution in [0.5, 0.6) is 0 Å². The van der Waals surface area contributed by atoms with E-state index in [4.69, 9.17) is 11.6 Å².